The Labute approximate surface area is 305 Å². The van der Waals surface area contributed by atoms with Gasteiger partial charge in [0, 0.05) is 59.5 Å². The molecule has 272 valence electrons. The van der Waals surface area contributed by atoms with Crippen LogP contribution in [-0.4, -0.2) is 62.7 Å². The molecule has 16 heteroatoms. The van der Waals surface area contributed by atoms with E-state index in [0.29, 0.717) is 56.6 Å². The SMILES string of the molecule is Cc1cc(S(C)(=O)=O)cc2c(Nc3cccc4c3CCO4)c(C(N)=O)cnc12.Cc1cc(S(C)(=O)=O)cc2c(Nc3cccnc3)c(C(N)=O)cnc12. The molecule has 14 nitrogen and oxygen atoms in total. The van der Waals surface area contributed by atoms with Crippen LogP contribution in [0, 0.1) is 13.8 Å². The third-order valence-electron chi connectivity index (χ3n) is 8.59. The number of hydrogen-bond donors (Lipinski definition) is 4. The summed E-state index contributed by atoms with van der Waals surface area (Å²) in [6, 6.07) is 15.3. The van der Waals surface area contributed by atoms with Gasteiger partial charge < -0.3 is 26.8 Å². The van der Waals surface area contributed by atoms with E-state index in [1.807, 2.05) is 18.2 Å². The summed E-state index contributed by atoms with van der Waals surface area (Å²) in [6.07, 6.45) is 9.03. The Morgan fingerprint density at radius 3 is 1.77 bits per heavy atom. The largest absolute Gasteiger partial charge is 0.493 e. The van der Waals surface area contributed by atoms with Crippen LogP contribution in [0.1, 0.15) is 37.4 Å². The molecule has 3 aromatic carbocycles. The van der Waals surface area contributed by atoms with Crippen molar-refractivity contribution in [2.24, 2.45) is 11.5 Å². The topological polar surface area (TPSA) is 226 Å². The van der Waals surface area contributed by atoms with Gasteiger partial charge in [0.15, 0.2) is 19.7 Å². The average molecular weight is 754 g/mol. The standard InChI is InChI=1S/C20H19N3O4S.C17H16N4O3S/c1-11-8-12(28(2,25)26)9-14-18(11)22-10-15(20(21)24)19(14)23-16-4-3-5-17-13(16)6-7-27-17;1-10-6-12(25(2,23)24)7-13-15(10)20-9-14(17(18)22)16(13)21-11-4-3-5-19-8-11/h3-5,8-10H,6-7H2,1-2H3,(H2,21,24)(H,22,23);3-9H,1-2H3,(H2,18,22)(H,20,21). The zero-order valence-corrected chi connectivity index (χ0v) is 30.7. The third kappa shape index (κ3) is 7.59. The van der Waals surface area contributed by atoms with Gasteiger partial charge in [-0.05, 0) is 73.5 Å². The van der Waals surface area contributed by atoms with Crippen LogP contribution in [0.3, 0.4) is 0 Å². The minimum absolute atomic E-state index is 0.148. The maximum Gasteiger partial charge on any atom is 0.252 e. The first-order valence-electron chi connectivity index (χ1n) is 16.1. The summed E-state index contributed by atoms with van der Waals surface area (Å²) >= 11 is 0. The van der Waals surface area contributed by atoms with E-state index in [2.05, 4.69) is 25.6 Å². The number of sulfone groups is 2. The first-order valence-corrected chi connectivity index (χ1v) is 19.9. The van der Waals surface area contributed by atoms with E-state index in [1.165, 1.54) is 24.5 Å². The molecule has 0 aliphatic carbocycles. The first-order chi connectivity index (χ1) is 25.0. The second kappa shape index (κ2) is 14.1. The Morgan fingerprint density at radius 1 is 0.736 bits per heavy atom. The van der Waals surface area contributed by atoms with Crippen LogP contribution in [-0.2, 0) is 26.1 Å². The van der Waals surface area contributed by atoms with Crippen LogP contribution in [0.5, 0.6) is 5.75 Å². The van der Waals surface area contributed by atoms with E-state index in [4.69, 9.17) is 16.2 Å². The Hall–Kier alpha value is -6.13. The fourth-order valence-corrected chi connectivity index (χ4v) is 7.47. The molecule has 53 heavy (non-hydrogen) atoms. The van der Waals surface area contributed by atoms with Crippen molar-refractivity contribution in [2.75, 3.05) is 29.8 Å². The molecule has 0 saturated carbocycles. The summed E-state index contributed by atoms with van der Waals surface area (Å²) in [5.74, 6) is -0.525. The van der Waals surface area contributed by atoms with Crippen LogP contribution >= 0.6 is 0 Å². The minimum atomic E-state index is -3.44. The number of benzene rings is 3. The van der Waals surface area contributed by atoms with Crippen molar-refractivity contribution in [3.8, 4) is 5.75 Å². The third-order valence-corrected chi connectivity index (χ3v) is 10.8. The highest BCUT2D eigenvalue weighted by atomic mass is 32.2. The number of nitrogens with one attached hydrogen (secondary N) is 2. The maximum absolute atomic E-state index is 12.1. The number of amides is 2. The summed E-state index contributed by atoms with van der Waals surface area (Å²) in [4.78, 5) is 36.8. The molecule has 7 rings (SSSR count). The van der Waals surface area contributed by atoms with Gasteiger partial charge in [-0.15, -0.1) is 0 Å². The van der Waals surface area contributed by atoms with Crippen molar-refractivity contribution in [3.63, 3.8) is 0 Å². The number of aromatic nitrogens is 3. The smallest absolute Gasteiger partial charge is 0.252 e. The molecule has 3 aromatic heterocycles. The Balaban J connectivity index is 0.000000183. The lowest BCUT2D eigenvalue weighted by molar-refractivity contribution is 0.0992. The van der Waals surface area contributed by atoms with Crippen molar-refractivity contribution in [2.45, 2.75) is 30.1 Å². The molecule has 4 heterocycles. The van der Waals surface area contributed by atoms with Crippen LogP contribution in [0.2, 0.25) is 0 Å². The van der Waals surface area contributed by atoms with Crippen molar-refractivity contribution >= 4 is 76.0 Å². The minimum Gasteiger partial charge on any atom is -0.493 e. The summed E-state index contributed by atoms with van der Waals surface area (Å²) in [5.41, 5.74) is 17.2. The van der Waals surface area contributed by atoms with Gasteiger partial charge in [0.1, 0.15) is 5.75 Å². The summed E-state index contributed by atoms with van der Waals surface area (Å²) in [6.45, 7) is 4.14. The Bertz CT molecular complexity index is 2690. The molecule has 0 atom stereocenters. The lowest BCUT2D eigenvalue weighted by atomic mass is 10.0. The highest BCUT2D eigenvalue weighted by molar-refractivity contribution is 7.91. The van der Waals surface area contributed by atoms with E-state index in [1.54, 1.807) is 50.5 Å². The summed E-state index contributed by atoms with van der Waals surface area (Å²) in [7, 11) is -6.86. The van der Waals surface area contributed by atoms with E-state index in [-0.39, 0.29) is 20.9 Å². The van der Waals surface area contributed by atoms with Gasteiger partial charge in [0.05, 0.1) is 61.8 Å². The number of aryl methyl sites for hydroxylation is 2. The molecular formula is C37H35N7O7S2. The number of ether oxygens (including phenoxy) is 1. The van der Waals surface area contributed by atoms with Crippen molar-refractivity contribution in [1.82, 2.24) is 15.0 Å². The van der Waals surface area contributed by atoms with E-state index < -0.39 is 31.5 Å². The van der Waals surface area contributed by atoms with E-state index >= 15 is 0 Å². The first kappa shape index (κ1) is 36.7. The Kier molecular flexibility index (Phi) is 9.77. The molecule has 0 spiro atoms. The monoisotopic (exact) mass is 753 g/mol. The van der Waals surface area contributed by atoms with Crippen LogP contribution in [0.15, 0.2) is 89.2 Å². The number of carbonyl (C=O) groups is 2. The molecule has 0 radical (unpaired) electrons. The second-order valence-electron chi connectivity index (χ2n) is 12.5. The van der Waals surface area contributed by atoms with Gasteiger partial charge in [0.2, 0.25) is 0 Å². The van der Waals surface area contributed by atoms with E-state index in [9.17, 15) is 26.4 Å². The Morgan fingerprint density at radius 2 is 1.28 bits per heavy atom. The quantitative estimate of drug-likeness (QED) is 0.163. The van der Waals surface area contributed by atoms with Gasteiger partial charge in [-0.1, -0.05) is 6.07 Å². The predicted octanol–water partition coefficient (Wildman–Crippen LogP) is 4.91. The van der Waals surface area contributed by atoms with Crippen LogP contribution in [0.4, 0.5) is 22.7 Å². The lowest BCUT2D eigenvalue weighted by Crippen LogP contribution is -2.15. The molecular weight excluding hydrogens is 719 g/mol. The van der Waals surface area contributed by atoms with Crippen LogP contribution < -0.4 is 26.8 Å². The number of nitrogens with two attached hydrogens (primary N) is 2. The van der Waals surface area contributed by atoms with Gasteiger partial charge in [-0.2, -0.15) is 0 Å². The molecule has 1 aliphatic rings. The average Bonchev–Trinajstić information content (AvgIpc) is 3.58. The molecule has 6 N–H and O–H groups in total. The maximum atomic E-state index is 12.1. The molecule has 1 aliphatic heterocycles. The number of fused-ring (bicyclic) bond motifs is 3. The van der Waals surface area contributed by atoms with Gasteiger partial charge in [0.25, 0.3) is 11.8 Å². The fraction of sp³-hybridized carbons (Fsp3) is 0.162. The number of nitrogens with zero attached hydrogens (tertiary/aromatic N) is 3. The zero-order valence-electron chi connectivity index (χ0n) is 29.1. The predicted molar refractivity (Wildman–Crippen MR) is 203 cm³/mol. The number of hydrogen-bond acceptors (Lipinski definition) is 12. The zero-order chi connectivity index (χ0) is 38.2. The van der Waals surface area contributed by atoms with Crippen molar-refractivity contribution < 1.29 is 31.2 Å². The fourth-order valence-electron chi connectivity index (χ4n) is 6.02. The van der Waals surface area contributed by atoms with Crippen molar-refractivity contribution in [1.29, 1.82) is 0 Å². The van der Waals surface area contributed by atoms with Crippen LogP contribution in [0.25, 0.3) is 21.8 Å². The summed E-state index contributed by atoms with van der Waals surface area (Å²) in [5, 5.41) is 7.41. The molecule has 6 aromatic rings. The number of pyridine rings is 3. The highest BCUT2D eigenvalue weighted by Gasteiger charge is 2.22. The lowest BCUT2D eigenvalue weighted by Gasteiger charge is -2.16. The van der Waals surface area contributed by atoms with Crippen molar-refractivity contribution in [3.05, 3.63) is 107 Å². The van der Waals surface area contributed by atoms with Gasteiger partial charge >= 0.3 is 0 Å². The molecule has 0 unspecified atom stereocenters. The number of anilines is 4. The molecule has 0 saturated heterocycles. The molecule has 0 bridgehead atoms. The second-order valence-corrected chi connectivity index (χ2v) is 16.5. The summed E-state index contributed by atoms with van der Waals surface area (Å²) < 4.78 is 53.8. The van der Waals surface area contributed by atoms with Gasteiger partial charge in [-0.25, -0.2) is 16.8 Å². The molecule has 0 fully saturated rings. The number of carbonyl (C=O) groups excluding carboxylic acids is 2. The van der Waals surface area contributed by atoms with Gasteiger partial charge in [-0.3, -0.25) is 24.5 Å². The number of rotatable bonds is 8. The van der Waals surface area contributed by atoms with E-state index in [0.717, 1.165) is 35.9 Å². The highest BCUT2D eigenvalue weighted by Crippen LogP contribution is 2.38. The molecule has 2 amide bonds. The normalized spacial score (nSPS) is 12.4. The number of primary amides is 2.